The Morgan fingerprint density at radius 3 is 2.96 bits per heavy atom. The molecule has 1 aromatic heterocycles. The van der Waals surface area contributed by atoms with E-state index in [1.807, 2.05) is 0 Å². The number of hydrogen-bond acceptors (Lipinski definition) is 6. The van der Waals surface area contributed by atoms with E-state index in [4.69, 9.17) is 9.84 Å². The van der Waals surface area contributed by atoms with E-state index in [9.17, 15) is 14.4 Å². The number of esters is 1. The molecule has 122 valence electrons. The number of pyridine rings is 1. The van der Waals surface area contributed by atoms with E-state index in [2.05, 4.69) is 10.3 Å². The van der Waals surface area contributed by atoms with Gasteiger partial charge in [0, 0.05) is 24.4 Å². The molecule has 0 saturated heterocycles. The lowest BCUT2D eigenvalue weighted by atomic mass is 10.1. The number of amides is 1. The van der Waals surface area contributed by atoms with Crippen LogP contribution in [0.25, 0.3) is 6.08 Å². The Bertz CT molecular complexity index is 657. The number of ether oxygens (including phenoxy) is 1. The summed E-state index contributed by atoms with van der Waals surface area (Å²) in [6.45, 7) is 2.37. The highest BCUT2D eigenvalue weighted by Crippen LogP contribution is 2.20. The smallest absolute Gasteiger partial charge is 0.328 e. The second-order valence-electron chi connectivity index (χ2n) is 4.95. The van der Waals surface area contributed by atoms with E-state index in [0.717, 1.165) is 6.08 Å². The van der Waals surface area contributed by atoms with Crippen molar-refractivity contribution in [1.29, 1.82) is 0 Å². The lowest BCUT2D eigenvalue weighted by molar-refractivity contribution is -0.144. The van der Waals surface area contributed by atoms with Crippen molar-refractivity contribution in [2.45, 2.75) is 13.5 Å². The molecule has 0 fully saturated rings. The van der Waals surface area contributed by atoms with Gasteiger partial charge in [0.2, 0.25) is 5.91 Å². The molecular formula is C15H17N3O5. The van der Waals surface area contributed by atoms with E-state index in [1.165, 1.54) is 12.3 Å². The van der Waals surface area contributed by atoms with Gasteiger partial charge in [0.25, 0.3) is 0 Å². The van der Waals surface area contributed by atoms with E-state index >= 15 is 0 Å². The molecule has 2 heterocycles. The quantitative estimate of drug-likeness (QED) is 0.600. The Morgan fingerprint density at radius 2 is 2.26 bits per heavy atom. The molecule has 0 radical (unpaired) electrons. The van der Waals surface area contributed by atoms with Crippen molar-refractivity contribution in [3.8, 4) is 0 Å². The van der Waals surface area contributed by atoms with Crippen LogP contribution in [-0.4, -0.2) is 52.5 Å². The first-order valence-corrected chi connectivity index (χ1v) is 7.05. The third-order valence-electron chi connectivity index (χ3n) is 3.08. The summed E-state index contributed by atoms with van der Waals surface area (Å²) in [5, 5.41) is 11.3. The monoisotopic (exact) mass is 319 g/mol. The van der Waals surface area contributed by atoms with Crippen molar-refractivity contribution in [3.63, 3.8) is 0 Å². The predicted octanol–water partition coefficient (Wildman–Crippen LogP) is 0.497. The predicted molar refractivity (Wildman–Crippen MR) is 81.4 cm³/mol. The molecular weight excluding hydrogens is 302 g/mol. The molecule has 0 unspecified atom stereocenters. The van der Waals surface area contributed by atoms with Gasteiger partial charge in [0.15, 0.2) is 0 Å². The number of nitrogens with zero attached hydrogens (tertiary/aromatic N) is 2. The van der Waals surface area contributed by atoms with Crippen LogP contribution in [-0.2, 0) is 25.7 Å². The molecule has 1 amide bonds. The summed E-state index contributed by atoms with van der Waals surface area (Å²) in [6, 6.07) is 1.73. The van der Waals surface area contributed by atoms with Gasteiger partial charge in [0.05, 0.1) is 19.7 Å². The summed E-state index contributed by atoms with van der Waals surface area (Å²) in [7, 11) is 0. The lowest BCUT2D eigenvalue weighted by Gasteiger charge is -2.17. The first-order valence-electron chi connectivity index (χ1n) is 7.05. The zero-order chi connectivity index (χ0) is 16.8. The fraction of sp³-hybridized carbons (Fsp3) is 0.333. The molecule has 0 aliphatic carbocycles. The third kappa shape index (κ3) is 4.89. The molecule has 0 spiro atoms. The van der Waals surface area contributed by atoms with E-state index in [0.29, 0.717) is 23.5 Å². The molecule has 8 heteroatoms. The minimum atomic E-state index is -1.06. The second-order valence-corrected chi connectivity index (χ2v) is 4.95. The number of carboxylic acid groups (broad SMARTS) is 1. The molecule has 0 bridgehead atoms. The van der Waals surface area contributed by atoms with Crippen molar-refractivity contribution in [1.82, 2.24) is 9.88 Å². The Kier molecular flexibility index (Phi) is 5.42. The first-order chi connectivity index (χ1) is 11.0. The van der Waals surface area contributed by atoms with Gasteiger partial charge in [-0.3, -0.25) is 14.5 Å². The van der Waals surface area contributed by atoms with Gasteiger partial charge in [-0.1, -0.05) is 0 Å². The van der Waals surface area contributed by atoms with Gasteiger partial charge < -0.3 is 15.2 Å². The van der Waals surface area contributed by atoms with E-state index < -0.39 is 11.9 Å². The normalized spacial score (nSPS) is 14.9. The van der Waals surface area contributed by atoms with Gasteiger partial charge in [-0.05, 0) is 24.6 Å². The molecule has 0 atom stereocenters. The zero-order valence-corrected chi connectivity index (χ0v) is 12.6. The number of carboxylic acids is 1. The molecule has 2 rings (SSSR count). The Balaban J connectivity index is 2.20. The molecule has 1 aliphatic rings. The average Bonchev–Trinajstić information content (AvgIpc) is 2.62. The van der Waals surface area contributed by atoms with E-state index in [-0.39, 0.29) is 25.6 Å². The van der Waals surface area contributed by atoms with Crippen molar-refractivity contribution in [3.05, 3.63) is 29.5 Å². The largest absolute Gasteiger partial charge is 0.478 e. The minimum Gasteiger partial charge on any atom is -0.478 e. The molecule has 2 N–H and O–H groups in total. The highest BCUT2D eigenvalue weighted by molar-refractivity contribution is 5.93. The number of carbonyl (C=O) groups is 3. The van der Waals surface area contributed by atoms with Crippen molar-refractivity contribution >= 4 is 29.7 Å². The first kappa shape index (κ1) is 16.6. The molecule has 23 heavy (non-hydrogen) atoms. The highest BCUT2D eigenvalue weighted by atomic mass is 16.5. The Morgan fingerprint density at radius 1 is 1.48 bits per heavy atom. The molecule has 1 aromatic rings. The summed E-state index contributed by atoms with van der Waals surface area (Å²) in [6.07, 6.45) is 3.90. The van der Waals surface area contributed by atoms with Crippen LogP contribution in [0.1, 0.15) is 18.1 Å². The molecule has 0 aromatic carbocycles. The minimum absolute atomic E-state index is 0.00407. The van der Waals surface area contributed by atoms with Gasteiger partial charge in [-0.25, -0.2) is 9.78 Å². The van der Waals surface area contributed by atoms with Crippen LogP contribution in [0.3, 0.4) is 0 Å². The van der Waals surface area contributed by atoms with Crippen LogP contribution in [0.15, 0.2) is 18.3 Å². The lowest BCUT2D eigenvalue weighted by Crippen LogP contribution is -2.35. The topological polar surface area (TPSA) is 109 Å². The number of carbonyl (C=O) groups excluding carboxylic acids is 2. The summed E-state index contributed by atoms with van der Waals surface area (Å²) in [5.41, 5.74) is 1.30. The van der Waals surface area contributed by atoms with E-state index in [1.54, 1.807) is 17.9 Å². The summed E-state index contributed by atoms with van der Waals surface area (Å²) >= 11 is 0. The Hall–Kier alpha value is -2.74. The summed E-state index contributed by atoms with van der Waals surface area (Å²) in [4.78, 5) is 39.8. The fourth-order valence-electron chi connectivity index (χ4n) is 2.19. The second kappa shape index (κ2) is 7.50. The highest BCUT2D eigenvalue weighted by Gasteiger charge is 2.22. The SMILES string of the molecule is CCOC(=O)CN1CC(=O)Nc2ncc(/C=C/C(=O)O)cc2C1. The Labute approximate surface area is 132 Å². The molecule has 8 nitrogen and oxygen atoms in total. The third-order valence-corrected chi connectivity index (χ3v) is 3.08. The molecule has 1 aliphatic heterocycles. The average molecular weight is 319 g/mol. The summed E-state index contributed by atoms with van der Waals surface area (Å²) in [5.74, 6) is -1.32. The number of hydrogen-bond donors (Lipinski definition) is 2. The number of fused-ring (bicyclic) bond motifs is 1. The van der Waals surface area contributed by atoms with Crippen molar-refractivity contribution in [2.75, 3.05) is 25.0 Å². The number of rotatable bonds is 5. The van der Waals surface area contributed by atoms with Crippen molar-refractivity contribution in [2.24, 2.45) is 0 Å². The van der Waals surface area contributed by atoms with Gasteiger partial charge in [-0.15, -0.1) is 0 Å². The van der Waals surface area contributed by atoms with Crippen LogP contribution in [0.2, 0.25) is 0 Å². The van der Waals surface area contributed by atoms with Gasteiger partial charge in [-0.2, -0.15) is 0 Å². The maximum atomic E-state index is 11.9. The number of aromatic nitrogens is 1. The molecule has 0 saturated carbocycles. The van der Waals surface area contributed by atoms with Gasteiger partial charge in [0.1, 0.15) is 5.82 Å². The van der Waals surface area contributed by atoms with Crippen LogP contribution in [0.4, 0.5) is 5.82 Å². The van der Waals surface area contributed by atoms with Gasteiger partial charge >= 0.3 is 11.9 Å². The fourth-order valence-corrected chi connectivity index (χ4v) is 2.19. The number of nitrogens with one attached hydrogen (secondary N) is 1. The van der Waals surface area contributed by atoms with Crippen molar-refractivity contribution < 1.29 is 24.2 Å². The standard InChI is InChI=1S/C15H17N3O5/c1-2-23-14(22)9-18-7-11-5-10(3-4-13(20)21)6-16-15(11)17-12(19)8-18/h3-6H,2,7-9H2,1H3,(H,20,21)(H,16,17,19)/b4-3+. The zero-order valence-electron chi connectivity index (χ0n) is 12.6. The van der Waals surface area contributed by atoms with Crippen LogP contribution in [0, 0.1) is 0 Å². The summed E-state index contributed by atoms with van der Waals surface area (Å²) < 4.78 is 4.89. The maximum absolute atomic E-state index is 11.9. The van der Waals surface area contributed by atoms with Crippen LogP contribution >= 0.6 is 0 Å². The maximum Gasteiger partial charge on any atom is 0.328 e. The van der Waals surface area contributed by atoms with Crippen LogP contribution in [0.5, 0.6) is 0 Å². The number of anilines is 1. The van der Waals surface area contributed by atoms with Crippen LogP contribution < -0.4 is 5.32 Å². The number of aliphatic carboxylic acids is 1.